The lowest BCUT2D eigenvalue weighted by molar-refractivity contribution is 0.416. The third kappa shape index (κ3) is 3.10. The molecule has 1 aliphatic rings. The molecule has 0 spiro atoms. The molecule has 2 heterocycles. The molecule has 4 nitrogen and oxygen atoms in total. The largest absolute Gasteiger partial charge is 0.262 e. The predicted octanol–water partition coefficient (Wildman–Crippen LogP) is 2.65. The fraction of sp³-hybridized carbons (Fsp3) is 0.583. The molecule has 1 fully saturated rings. The highest BCUT2D eigenvalue weighted by Crippen LogP contribution is 2.23. The van der Waals surface area contributed by atoms with Crippen LogP contribution in [0.25, 0.3) is 0 Å². The van der Waals surface area contributed by atoms with Crippen LogP contribution in [0.3, 0.4) is 0 Å². The van der Waals surface area contributed by atoms with Gasteiger partial charge in [0.25, 0.3) is 0 Å². The van der Waals surface area contributed by atoms with Gasteiger partial charge in [0.1, 0.15) is 4.90 Å². The zero-order chi connectivity index (χ0) is 13.2. The van der Waals surface area contributed by atoms with Gasteiger partial charge in [-0.15, -0.1) is 0 Å². The van der Waals surface area contributed by atoms with E-state index in [2.05, 4.69) is 27.8 Å². The average Bonchev–Trinajstić information content (AvgIpc) is 2.54. The Kier molecular flexibility index (Phi) is 4.40. The summed E-state index contributed by atoms with van der Waals surface area (Å²) in [5.74, 6) is 0.603. The van der Waals surface area contributed by atoms with Crippen molar-refractivity contribution in [1.29, 1.82) is 0 Å². The van der Waals surface area contributed by atoms with Crippen molar-refractivity contribution in [2.45, 2.75) is 31.1 Å². The minimum atomic E-state index is -3.39. The van der Waals surface area contributed by atoms with Crippen molar-refractivity contribution in [2.75, 3.05) is 13.1 Å². The molecule has 1 aliphatic heterocycles. The number of hydrogen-bond acceptors (Lipinski definition) is 3. The van der Waals surface area contributed by atoms with Crippen molar-refractivity contribution >= 4 is 26.0 Å². The molecule has 2 rings (SSSR count). The molecule has 0 aliphatic carbocycles. The molecular formula is C12H17BrN2O2S. The van der Waals surface area contributed by atoms with E-state index in [0.29, 0.717) is 23.5 Å². The summed E-state index contributed by atoms with van der Waals surface area (Å²) >= 11 is 3.26. The highest BCUT2D eigenvalue weighted by atomic mass is 79.9. The van der Waals surface area contributed by atoms with E-state index in [4.69, 9.17) is 0 Å². The quantitative estimate of drug-likeness (QED) is 0.836. The smallest absolute Gasteiger partial charge is 0.244 e. The molecular weight excluding hydrogens is 316 g/mol. The van der Waals surface area contributed by atoms with E-state index >= 15 is 0 Å². The highest BCUT2D eigenvalue weighted by molar-refractivity contribution is 9.10. The molecule has 0 saturated carbocycles. The minimum Gasteiger partial charge on any atom is -0.262 e. The van der Waals surface area contributed by atoms with E-state index in [1.54, 1.807) is 16.6 Å². The lowest BCUT2D eigenvalue weighted by atomic mass is 10.0. The fourth-order valence-electron chi connectivity index (χ4n) is 2.16. The molecule has 1 aromatic heterocycles. The summed E-state index contributed by atoms with van der Waals surface area (Å²) in [7, 11) is -3.39. The van der Waals surface area contributed by atoms with Crippen LogP contribution >= 0.6 is 15.9 Å². The molecule has 1 saturated heterocycles. The second-order valence-electron chi connectivity index (χ2n) is 4.78. The zero-order valence-corrected chi connectivity index (χ0v) is 12.7. The number of sulfonamides is 1. The van der Waals surface area contributed by atoms with Crippen LogP contribution in [0.4, 0.5) is 0 Å². The van der Waals surface area contributed by atoms with Gasteiger partial charge >= 0.3 is 0 Å². The molecule has 0 bridgehead atoms. The third-order valence-electron chi connectivity index (χ3n) is 3.29. The van der Waals surface area contributed by atoms with Gasteiger partial charge in [0.05, 0.1) is 0 Å². The Bertz CT molecular complexity index is 519. The number of aromatic nitrogens is 1. The highest BCUT2D eigenvalue weighted by Gasteiger charge is 2.26. The first-order valence-electron chi connectivity index (χ1n) is 6.11. The third-order valence-corrected chi connectivity index (χ3v) is 5.59. The Labute approximate surface area is 117 Å². The van der Waals surface area contributed by atoms with Crippen LogP contribution in [0, 0.1) is 5.92 Å². The van der Waals surface area contributed by atoms with Gasteiger partial charge in [0.2, 0.25) is 10.0 Å². The van der Waals surface area contributed by atoms with Crippen LogP contribution in [-0.4, -0.2) is 30.8 Å². The first kappa shape index (κ1) is 14.0. The standard InChI is InChI=1S/C12H17BrN2O2S/c1-10-3-2-5-15(6-4-10)18(16,17)12-7-11(13)8-14-9-12/h7-10H,2-6H2,1H3. The van der Waals surface area contributed by atoms with Crippen molar-refractivity contribution < 1.29 is 8.42 Å². The van der Waals surface area contributed by atoms with Crippen molar-refractivity contribution in [3.8, 4) is 0 Å². The van der Waals surface area contributed by atoms with E-state index in [-0.39, 0.29) is 4.90 Å². The second-order valence-corrected chi connectivity index (χ2v) is 7.63. The van der Waals surface area contributed by atoms with Gasteiger partial charge in [-0.1, -0.05) is 6.92 Å². The Morgan fingerprint density at radius 3 is 2.83 bits per heavy atom. The van der Waals surface area contributed by atoms with Crippen LogP contribution in [0.15, 0.2) is 27.8 Å². The summed E-state index contributed by atoms with van der Waals surface area (Å²) in [6.45, 7) is 3.39. The van der Waals surface area contributed by atoms with Crippen molar-refractivity contribution in [2.24, 2.45) is 5.92 Å². The van der Waals surface area contributed by atoms with Gasteiger partial charge in [0.15, 0.2) is 0 Å². The summed E-state index contributed by atoms with van der Waals surface area (Å²) in [5.41, 5.74) is 0. The van der Waals surface area contributed by atoms with Gasteiger partial charge in [-0.25, -0.2) is 8.42 Å². The predicted molar refractivity (Wildman–Crippen MR) is 73.7 cm³/mol. The van der Waals surface area contributed by atoms with Gasteiger partial charge in [0, 0.05) is 30.0 Å². The molecule has 18 heavy (non-hydrogen) atoms. The monoisotopic (exact) mass is 332 g/mol. The summed E-state index contributed by atoms with van der Waals surface area (Å²) in [4.78, 5) is 4.20. The molecule has 6 heteroatoms. The molecule has 0 N–H and O–H groups in total. The summed E-state index contributed by atoms with van der Waals surface area (Å²) < 4.78 is 27.2. The Morgan fingerprint density at radius 2 is 2.11 bits per heavy atom. The van der Waals surface area contributed by atoms with Gasteiger partial charge < -0.3 is 0 Å². The molecule has 1 unspecified atom stereocenters. The average molecular weight is 333 g/mol. The molecule has 0 radical (unpaired) electrons. The number of nitrogens with zero attached hydrogens (tertiary/aromatic N) is 2. The SMILES string of the molecule is CC1CCCN(S(=O)(=O)c2cncc(Br)c2)CC1. The van der Waals surface area contributed by atoms with Crippen molar-refractivity contribution in [3.05, 3.63) is 22.9 Å². The fourth-order valence-corrected chi connectivity index (χ4v) is 4.16. The minimum absolute atomic E-state index is 0.270. The number of hydrogen-bond donors (Lipinski definition) is 0. The van der Waals surface area contributed by atoms with Crippen LogP contribution in [0.5, 0.6) is 0 Å². The Hall–Kier alpha value is -0.460. The normalized spacial score (nSPS) is 22.7. The summed E-state index contributed by atoms with van der Waals surface area (Å²) in [6, 6.07) is 1.61. The Balaban J connectivity index is 2.25. The molecule has 0 aromatic carbocycles. The van der Waals surface area contributed by atoms with Crippen LogP contribution in [-0.2, 0) is 10.0 Å². The van der Waals surface area contributed by atoms with Gasteiger partial charge in [-0.2, -0.15) is 4.31 Å². The van der Waals surface area contributed by atoms with Crippen LogP contribution in [0.1, 0.15) is 26.2 Å². The van der Waals surface area contributed by atoms with Crippen molar-refractivity contribution in [1.82, 2.24) is 9.29 Å². The van der Waals surface area contributed by atoms with E-state index < -0.39 is 10.0 Å². The second kappa shape index (κ2) is 5.67. The number of halogens is 1. The maximum atomic E-state index is 12.5. The molecule has 1 atom stereocenters. The first-order chi connectivity index (χ1) is 8.50. The lowest BCUT2D eigenvalue weighted by Gasteiger charge is -2.19. The van der Waals surface area contributed by atoms with Crippen molar-refractivity contribution in [3.63, 3.8) is 0 Å². The lowest BCUT2D eigenvalue weighted by Crippen LogP contribution is -2.32. The molecule has 1 aromatic rings. The zero-order valence-electron chi connectivity index (χ0n) is 10.3. The van der Waals surface area contributed by atoms with Crippen LogP contribution in [0.2, 0.25) is 0 Å². The van der Waals surface area contributed by atoms with Crippen LogP contribution < -0.4 is 0 Å². The van der Waals surface area contributed by atoms with E-state index in [1.165, 1.54) is 6.20 Å². The van der Waals surface area contributed by atoms with Gasteiger partial charge in [-0.3, -0.25) is 4.98 Å². The molecule has 0 amide bonds. The number of pyridine rings is 1. The van der Waals surface area contributed by atoms with E-state index in [9.17, 15) is 8.42 Å². The number of rotatable bonds is 2. The molecule has 100 valence electrons. The maximum absolute atomic E-state index is 12.5. The van der Waals surface area contributed by atoms with E-state index in [1.807, 2.05) is 0 Å². The summed E-state index contributed by atoms with van der Waals surface area (Å²) in [6.07, 6.45) is 5.96. The Morgan fingerprint density at radius 1 is 1.33 bits per heavy atom. The maximum Gasteiger partial charge on any atom is 0.244 e. The summed E-state index contributed by atoms with van der Waals surface area (Å²) in [5, 5.41) is 0. The van der Waals surface area contributed by atoms with Gasteiger partial charge in [-0.05, 0) is 47.2 Å². The topological polar surface area (TPSA) is 50.3 Å². The van der Waals surface area contributed by atoms with E-state index in [0.717, 1.165) is 19.3 Å². The first-order valence-corrected chi connectivity index (χ1v) is 8.34.